The zero-order valence-electron chi connectivity index (χ0n) is 18.4. The van der Waals surface area contributed by atoms with Crippen LogP contribution in [0.1, 0.15) is 62.5 Å². The number of amides is 2. The van der Waals surface area contributed by atoms with E-state index in [2.05, 4.69) is 23.6 Å². The summed E-state index contributed by atoms with van der Waals surface area (Å²) in [6.45, 7) is 3.92. The van der Waals surface area contributed by atoms with Crippen molar-refractivity contribution in [2.45, 2.75) is 63.7 Å². The molecule has 1 aromatic carbocycles. The highest BCUT2D eigenvalue weighted by molar-refractivity contribution is 5.84. The molecule has 1 saturated heterocycles. The van der Waals surface area contributed by atoms with Crippen LogP contribution in [0.15, 0.2) is 18.2 Å². The average molecular weight is 417 g/mol. The fourth-order valence-corrected chi connectivity index (χ4v) is 4.77. The molecule has 6 heteroatoms. The number of carbonyl (C=O) groups excluding carboxylic acids is 2. The first kappa shape index (κ1) is 22.6. The Morgan fingerprint density at radius 3 is 2.53 bits per heavy atom. The summed E-state index contributed by atoms with van der Waals surface area (Å²) in [5, 5.41) is 5.86. The number of ether oxygens (including phenoxy) is 2. The Balaban J connectivity index is 1.56. The van der Waals surface area contributed by atoms with E-state index < -0.39 is 0 Å². The Bertz CT molecular complexity index is 722. The van der Waals surface area contributed by atoms with Crippen LogP contribution in [0.5, 0.6) is 5.75 Å². The van der Waals surface area contributed by atoms with E-state index in [1.54, 1.807) is 7.11 Å². The summed E-state index contributed by atoms with van der Waals surface area (Å²) in [6, 6.07) is 6.19. The van der Waals surface area contributed by atoms with Crippen LogP contribution in [-0.4, -0.2) is 45.2 Å². The van der Waals surface area contributed by atoms with Gasteiger partial charge in [0.2, 0.25) is 11.8 Å². The van der Waals surface area contributed by atoms with E-state index in [9.17, 15) is 9.59 Å². The van der Waals surface area contributed by atoms with Crippen LogP contribution in [0.25, 0.3) is 0 Å². The SMILES string of the molecule is COc1ccc(C)cc1C1(CNC(=O)CNC(=O)CC2CCCCC2)CCOCC1. The predicted molar refractivity (Wildman–Crippen MR) is 117 cm³/mol. The largest absolute Gasteiger partial charge is 0.496 e. The highest BCUT2D eigenvalue weighted by atomic mass is 16.5. The van der Waals surface area contributed by atoms with Gasteiger partial charge in [0.25, 0.3) is 0 Å². The molecule has 0 radical (unpaired) electrons. The van der Waals surface area contributed by atoms with Crippen LogP contribution < -0.4 is 15.4 Å². The summed E-state index contributed by atoms with van der Waals surface area (Å²) in [4.78, 5) is 24.7. The molecule has 0 aromatic heterocycles. The first-order chi connectivity index (χ1) is 14.5. The minimum Gasteiger partial charge on any atom is -0.496 e. The maximum Gasteiger partial charge on any atom is 0.239 e. The highest BCUT2D eigenvalue weighted by Crippen LogP contribution is 2.40. The van der Waals surface area contributed by atoms with Crippen molar-refractivity contribution in [3.63, 3.8) is 0 Å². The van der Waals surface area contributed by atoms with Gasteiger partial charge in [-0.05, 0) is 44.6 Å². The molecule has 0 unspecified atom stereocenters. The third kappa shape index (κ3) is 5.97. The van der Waals surface area contributed by atoms with Gasteiger partial charge < -0.3 is 20.1 Å². The number of nitrogens with one attached hydrogen (secondary N) is 2. The third-order valence-corrected chi connectivity index (χ3v) is 6.65. The lowest BCUT2D eigenvalue weighted by molar-refractivity contribution is -0.127. The number of methoxy groups -OCH3 is 1. The molecule has 1 aliphatic heterocycles. The molecule has 0 bridgehead atoms. The molecule has 1 aliphatic carbocycles. The minimum atomic E-state index is -0.225. The van der Waals surface area contributed by atoms with Crippen molar-refractivity contribution < 1.29 is 19.1 Å². The smallest absolute Gasteiger partial charge is 0.239 e. The van der Waals surface area contributed by atoms with Crippen LogP contribution >= 0.6 is 0 Å². The summed E-state index contributed by atoms with van der Waals surface area (Å²) in [7, 11) is 1.68. The molecular formula is C24H36N2O4. The van der Waals surface area contributed by atoms with Gasteiger partial charge in [-0.25, -0.2) is 0 Å². The van der Waals surface area contributed by atoms with Gasteiger partial charge in [-0.2, -0.15) is 0 Å². The van der Waals surface area contributed by atoms with Gasteiger partial charge in [0, 0.05) is 37.2 Å². The fourth-order valence-electron chi connectivity index (χ4n) is 4.77. The van der Waals surface area contributed by atoms with Gasteiger partial charge in [-0.15, -0.1) is 0 Å². The van der Waals surface area contributed by atoms with Gasteiger partial charge in [-0.1, -0.05) is 37.0 Å². The number of hydrogen-bond acceptors (Lipinski definition) is 4. The fraction of sp³-hybridized carbons (Fsp3) is 0.667. The molecule has 3 rings (SSSR count). The van der Waals surface area contributed by atoms with Gasteiger partial charge in [-0.3, -0.25) is 9.59 Å². The van der Waals surface area contributed by atoms with Crippen LogP contribution in [-0.2, 0) is 19.7 Å². The van der Waals surface area contributed by atoms with Crippen molar-refractivity contribution in [3.05, 3.63) is 29.3 Å². The number of carbonyl (C=O) groups is 2. The van der Waals surface area contributed by atoms with E-state index in [0.717, 1.165) is 42.6 Å². The van der Waals surface area contributed by atoms with Gasteiger partial charge >= 0.3 is 0 Å². The van der Waals surface area contributed by atoms with Gasteiger partial charge in [0.15, 0.2) is 0 Å². The van der Waals surface area contributed by atoms with E-state index >= 15 is 0 Å². The Labute approximate surface area is 180 Å². The maximum atomic E-state index is 12.5. The predicted octanol–water partition coefficient (Wildman–Crippen LogP) is 3.25. The van der Waals surface area contributed by atoms with Crippen molar-refractivity contribution in [2.24, 2.45) is 5.92 Å². The monoisotopic (exact) mass is 416 g/mol. The van der Waals surface area contributed by atoms with Gasteiger partial charge in [0.1, 0.15) is 5.75 Å². The number of aryl methyl sites for hydroxylation is 1. The molecule has 1 aromatic rings. The quantitative estimate of drug-likeness (QED) is 0.682. The number of rotatable bonds is 8. The highest BCUT2D eigenvalue weighted by Gasteiger charge is 2.37. The molecule has 2 N–H and O–H groups in total. The Hall–Kier alpha value is -2.08. The molecule has 0 atom stereocenters. The van der Waals surface area contributed by atoms with E-state index in [1.807, 2.05) is 12.1 Å². The molecule has 6 nitrogen and oxygen atoms in total. The van der Waals surface area contributed by atoms with Crippen molar-refractivity contribution in [3.8, 4) is 5.75 Å². The van der Waals surface area contributed by atoms with Crippen molar-refractivity contribution in [2.75, 3.05) is 33.4 Å². The summed E-state index contributed by atoms with van der Waals surface area (Å²) in [6.07, 6.45) is 8.14. The second kappa shape index (κ2) is 10.8. The molecular weight excluding hydrogens is 380 g/mol. The summed E-state index contributed by atoms with van der Waals surface area (Å²) in [5.74, 6) is 1.15. The summed E-state index contributed by atoms with van der Waals surface area (Å²) < 4.78 is 11.2. The zero-order valence-corrected chi connectivity index (χ0v) is 18.4. The van der Waals surface area contributed by atoms with Crippen LogP contribution in [0.4, 0.5) is 0 Å². The lowest BCUT2D eigenvalue weighted by Gasteiger charge is -2.38. The lowest BCUT2D eigenvalue weighted by atomic mass is 9.73. The Morgan fingerprint density at radius 2 is 1.83 bits per heavy atom. The van der Waals surface area contributed by atoms with Crippen LogP contribution in [0.3, 0.4) is 0 Å². The summed E-state index contributed by atoms with van der Waals surface area (Å²) >= 11 is 0. The third-order valence-electron chi connectivity index (χ3n) is 6.65. The minimum absolute atomic E-state index is 0.0156. The van der Waals surface area contributed by atoms with E-state index in [1.165, 1.54) is 19.3 Å². The second-order valence-electron chi connectivity index (χ2n) is 8.86. The van der Waals surface area contributed by atoms with Gasteiger partial charge in [0.05, 0.1) is 13.7 Å². The Kier molecular flexibility index (Phi) is 8.14. The normalized spacial score (nSPS) is 19.1. The molecule has 2 aliphatic rings. The van der Waals surface area contributed by atoms with E-state index in [0.29, 0.717) is 32.1 Å². The van der Waals surface area contributed by atoms with Crippen molar-refractivity contribution >= 4 is 11.8 Å². The molecule has 2 fully saturated rings. The lowest BCUT2D eigenvalue weighted by Crippen LogP contribution is -2.47. The summed E-state index contributed by atoms with van der Waals surface area (Å²) in [5.41, 5.74) is 2.06. The van der Waals surface area contributed by atoms with Crippen molar-refractivity contribution in [1.82, 2.24) is 10.6 Å². The first-order valence-electron chi connectivity index (χ1n) is 11.3. The average Bonchev–Trinajstić information content (AvgIpc) is 2.77. The topological polar surface area (TPSA) is 76.7 Å². The van der Waals surface area contributed by atoms with E-state index in [4.69, 9.17) is 9.47 Å². The first-order valence-corrected chi connectivity index (χ1v) is 11.3. The molecule has 166 valence electrons. The van der Waals surface area contributed by atoms with E-state index in [-0.39, 0.29) is 23.8 Å². The maximum absolute atomic E-state index is 12.5. The van der Waals surface area contributed by atoms with Crippen molar-refractivity contribution in [1.29, 1.82) is 0 Å². The number of hydrogen-bond donors (Lipinski definition) is 2. The molecule has 0 spiro atoms. The standard InChI is InChI=1S/C24H36N2O4/c1-18-8-9-21(29-2)20(14-18)24(10-12-30-13-11-24)17-26-23(28)16-25-22(27)15-19-6-4-3-5-7-19/h8-9,14,19H,3-7,10-13,15-17H2,1-2H3,(H,25,27)(H,26,28). The molecule has 1 saturated carbocycles. The van der Waals surface area contributed by atoms with Crippen LogP contribution in [0, 0.1) is 12.8 Å². The number of benzene rings is 1. The Morgan fingerprint density at radius 1 is 1.10 bits per heavy atom. The zero-order chi connectivity index (χ0) is 21.4. The molecule has 1 heterocycles. The second-order valence-corrected chi connectivity index (χ2v) is 8.86. The molecule has 30 heavy (non-hydrogen) atoms. The van der Waals surface area contributed by atoms with Crippen LogP contribution in [0.2, 0.25) is 0 Å². The molecule has 2 amide bonds.